The molecule has 0 aliphatic rings. The summed E-state index contributed by atoms with van der Waals surface area (Å²) in [7, 11) is 0. The molecule has 1 amide bonds. The van der Waals surface area contributed by atoms with Gasteiger partial charge >= 0.3 is 6.09 Å². The number of alkyl carbamates (subject to hydrolysis) is 1. The molecule has 1 atom stereocenters. The Balaban J connectivity index is 2.40. The van der Waals surface area contributed by atoms with E-state index < -0.39 is 6.09 Å². The van der Waals surface area contributed by atoms with E-state index in [0.29, 0.717) is 19.8 Å². The van der Waals surface area contributed by atoms with Crippen LogP contribution in [-0.2, 0) is 4.74 Å². The van der Waals surface area contributed by atoms with Gasteiger partial charge in [-0.2, -0.15) is 0 Å². The summed E-state index contributed by atoms with van der Waals surface area (Å²) in [6.45, 7) is 9.05. The van der Waals surface area contributed by atoms with E-state index in [1.165, 1.54) is 0 Å². The van der Waals surface area contributed by atoms with E-state index in [0.717, 1.165) is 23.5 Å². The standard InChI is InChI=1S/C16H25NO4/c1-5-13(4)21-15-8-7-14(11-12(15)3)20-10-9-17-16(18)19-6-2/h7-8,11,13H,5-6,9-10H2,1-4H3,(H,17,18). The first kappa shape index (κ1) is 17.1. The van der Waals surface area contributed by atoms with E-state index in [1.807, 2.05) is 32.0 Å². The average Bonchev–Trinajstić information content (AvgIpc) is 2.46. The molecule has 0 radical (unpaired) electrons. The number of benzene rings is 1. The minimum Gasteiger partial charge on any atom is -0.492 e. The lowest BCUT2D eigenvalue weighted by Gasteiger charge is -2.15. The second-order valence-corrected chi connectivity index (χ2v) is 4.76. The monoisotopic (exact) mass is 295 g/mol. The lowest BCUT2D eigenvalue weighted by molar-refractivity contribution is 0.150. The molecule has 0 aromatic heterocycles. The summed E-state index contributed by atoms with van der Waals surface area (Å²) in [5.74, 6) is 1.64. The summed E-state index contributed by atoms with van der Waals surface area (Å²) in [6, 6.07) is 5.72. The van der Waals surface area contributed by atoms with E-state index in [-0.39, 0.29) is 6.10 Å². The Morgan fingerprint density at radius 1 is 1.33 bits per heavy atom. The predicted molar refractivity (Wildman–Crippen MR) is 82.1 cm³/mol. The molecule has 1 N–H and O–H groups in total. The van der Waals surface area contributed by atoms with Crippen molar-refractivity contribution in [2.24, 2.45) is 0 Å². The number of aryl methyl sites for hydroxylation is 1. The lowest BCUT2D eigenvalue weighted by atomic mass is 10.2. The van der Waals surface area contributed by atoms with Crippen LogP contribution in [0.15, 0.2) is 18.2 Å². The van der Waals surface area contributed by atoms with Crippen LogP contribution in [0.5, 0.6) is 11.5 Å². The molecule has 0 fully saturated rings. The topological polar surface area (TPSA) is 56.8 Å². The molecule has 0 saturated heterocycles. The molecular weight excluding hydrogens is 270 g/mol. The summed E-state index contributed by atoms with van der Waals surface area (Å²) in [5.41, 5.74) is 1.03. The predicted octanol–water partition coefficient (Wildman–Crippen LogP) is 3.30. The molecule has 0 bridgehead atoms. The van der Waals surface area contributed by atoms with Crippen molar-refractivity contribution in [3.63, 3.8) is 0 Å². The van der Waals surface area contributed by atoms with Gasteiger partial charge < -0.3 is 19.5 Å². The molecule has 1 aromatic rings. The smallest absolute Gasteiger partial charge is 0.407 e. The first-order valence-electron chi connectivity index (χ1n) is 7.37. The average molecular weight is 295 g/mol. The highest BCUT2D eigenvalue weighted by Crippen LogP contribution is 2.24. The van der Waals surface area contributed by atoms with Crippen molar-refractivity contribution in [2.45, 2.75) is 40.2 Å². The Labute approximate surface area is 126 Å². The first-order chi connectivity index (χ1) is 10.1. The number of ether oxygens (including phenoxy) is 3. The molecule has 0 spiro atoms. The zero-order valence-electron chi connectivity index (χ0n) is 13.3. The van der Waals surface area contributed by atoms with E-state index in [9.17, 15) is 4.79 Å². The third kappa shape index (κ3) is 6.38. The van der Waals surface area contributed by atoms with Crippen LogP contribution in [0.1, 0.15) is 32.8 Å². The van der Waals surface area contributed by atoms with Crippen LogP contribution in [0.2, 0.25) is 0 Å². The molecule has 1 aromatic carbocycles. The number of amides is 1. The molecule has 1 rings (SSSR count). The van der Waals surface area contributed by atoms with Crippen LogP contribution in [-0.4, -0.2) is 32.0 Å². The number of rotatable bonds is 8. The van der Waals surface area contributed by atoms with Gasteiger partial charge in [0.2, 0.25) is 0 Å². The van der Waals surface area contributed by atoms with E-state index in [2.05, 4.69) is 12.2 Å². The fourth-order valence-electron chi connectivity index (χ4n) is 1.65. The molecular formula is C16H25NO4. The number of hydrogen-bond acceptors (Lipinski definition) is 4. The maximum atomic E-state index is 11.1. The van der Waals surface area contributed by atoms with Crippen molar-refractivity contribution in [3.8, 4) is 11.5 Å². The van der Waals surface area contributed by atoms with Crippen molar-refractivity contribution >= 4 is 6.09 Å². The van der Waals surface area contributed by atoms with Gasteiger partial charge in [0, 0.05) is 0 Å². The summed E-state index contributed by atoms with van der Waals surface area (Å²) in [6.07, 6.45) is 0.746. The zero-order chi connectivity index (χ0) is 15.7. The fourth-order valence-corrected chi connectivity index (χ4v) is 1.65. The third-order valence-corrected chi connectivity index (χ3v) is 2.97. The quantitative estimate of drug-likeness (QED) is 0.748. The molecule has 1 unspecified atom stereocenters. The maximum absolute atomic E-state index is 11.1. The maximum Gasteiger partial charge on any atom is 0.407 e. The van der Waals surface area contributed by atoms with Crippen LogP contribution < -0.4 is 14.8 Å². The van der Waals surface area contributed by atoms with Crippen LogP contribution in [0.25, 0.3) is 0 Å². The highest BCUT2D eigenvalue weighted by atomic mass is 16.5. The van der Waals surface area contributed by atoms with Crippen molar-refractivity contribution < 1.29 is 19.0 Å². The Morgan fingerprint density at radius 2 is 2.10 bits per heavy atom. The normalized spacial score (nSPS) is 11.6. The van der Waals surface area contributed by atoms with Crippen molar-refractivity contribution in [1.82, 2.24) is 5.32 Å². The molecule has 0 saturated carbocycles. The van der Waals surface area contributed by atoms with Gasteiger partial charge in [-0.1, -0.05) is 6.92 Å². The number of carbonyl (C=O) groups excluding carboxylic acids is 1. The Kier molecular flexibility index (Phi) is 7.43. The minimum atomic E-state index is -0.422. The van der Waals surface area contributed by atoms with Crippen molar-refractivity contribution in [1.29, 1.82) is 0 Å². The van der Waals surface area contributed by atoms with Crippen LogP contribution in [0.4, 0.5) is 4.79 Å². The van der Waals surface area contributed by atoms with Gasteiger partial charge in [0.15, 0.2) is 0 Å². The number of carbonyl (C=O) groups is 1. The molecule has 0 aliphatic carbocycles. The molecule has 5 heteroatoms. The largest absolute Gasteiger partial charge is 0.492 e. The van der Waals surface area contributed by atoms with Gasteiger partial charge in [-0.15, -0.1) is 0 Å². The summed E-state index contributed by atoms with van der Waals surface area (Å²) in [4.78, 5) is 11.1. The van der Waals surface area contributed by atoms with E-state index >= 15 is 0 Å². The SMILES string of the molecule is CCOC(=O)NCCOc1ccc(OC(C)CC)c(C)c1. The summed E-state index contributed by atoms with van der Waals surface area (Å²) >= 11 is 0. The van der Waals surface area contributed by atoms with Gasteiger partial charge in [0.05, 0.1) is 19.3 Å². The van der Waals surface area contributed by atoms with Gasteiger partial charge in [0.25, 0.3) is 0 Å². The second kappa shape index (κ2) is 9.10. The molecule has 118 valence electrons. The van der Waals surface area contributed by atoms with Gasteiger partial charge in [0.1, 0.15) is 18.1 Å². The molecule has 21 heavy (non-hydrogen) atoms. The lowest BCUT2D eigenvalue weighted by Crippen LogP contribution is -2.28. The van der Waals surface area contributed by atoms with Crippen molar-refractivity contribution in [2.75, 3.05) is 19.8 Å². The van der Waals surface area contributed by atoms with Gasteiger partial charge in [-0.3, -0.25) is 0 Å². The van der Waals surface area contributed by atoms with Crippen molar-refractivity contribution in [3.05, 3.63) is 23.8 Å². The Hall–Kier alpha value is -1.91. The Morgan fingerprint density at radius 3 is 2.71 bits per heavy atom. The van der Waals surface area contributed by atoms with E-state index in [4.69, 9.17) is 14.2 Å². The van der Waals surface area contributed by atoms with E-state index in [1.54, 1.807) is 6.92 Å². The molecule has 0 heterocycles. The molecule has 5 nitrogen and oxygen atoms in total. The van der Waals surface area contributed by atoms with Crippen LogP contribution in [0, 0.1) is 6.92 Å². The summed E-state index contributed by atoms with van der Waals surface area (Å²) < 4.78 is 16.1. The van der Waals surface area contributed by atoms with Crippen LogP contribution >= 0.6 is 0 Å². The fraction of sp³-hybridized carbons (Fsp3) is 0.562. The van der Waals surface area contributed by atoms with Gasteiger partial charge in [-0.05, 0) is 51.0 Å². The zero-order valence-corrected chi connectivity index (χ0v) is 13.3. The minimum absolute atomic E-state index is 0.198. The molecule has 0 aliphatic heterocycles. The highest BCUT2D eigenvalue weighted by Gasteiger charge is 2.06. The highest BCUT2D eigenvalue weighted by molar-refractivity contribution is 5.66. The van der Waals surface area contributed by atoms with Gasteiger partial charge in [-0.25, -0.2) is 4.79 Å². The third-order valence-electron chi connectivity index (χ3n) is 2.97. The summed E-state index contributed by atoms with van der Waals surface area (Å²) in [5, 5.41) is 2.60. The second-order valence-electron chi connectivity index (χ2n) is 4.76. The first-order valence-corrected chi connectivity index (χ1v) is 7.37. The Bertz CT molecular complexity index is 448. The van der Waals surface area contributed by atoms with Crippen LogP contribution in [0.3, 0.4) is 0 Å². The number of hydrogen-bond donors (Lipinski definition) is 1. The number of nitrogens with one attached hydrogen (secondary N) is 1.